The van der Waals surface area contributed by atoms with Gasteiger partial charge in [-0.15, -0.1) is 11.3 Å². The number of rotatable bonds is 8. The number of fused-ring (bicyclic) bond motifs is 3. The highest BCUT2D eigenvalue weighted by Gasteiger charge is 2.19. The van der Waals surface area contributed by atoms with Crippen molar-refractivity contribution in [1.29, 1.82) is 0 Å². The number of thiophene rings is 1. The predicted molar refractivity (Wildman–Crippen MR) is 254 cm³/mol. The van der Waals surface area contributed by atoms with E-state index in [1.807, 2.05) is 72.0 Å². The molecule has 0 bridgehead atoms. The minimum Gasteiger partial charge on any atom is -0.228 e. The number of hydrogen-bond acceptors (Lipinski definition) is 5. The first-order chi connectivity index (χ1) is 30.2. The Kier molecular flexibility index (Phi) is 9.34. The molecule has 286 valence electrons. The summed E-state index contributed by atoms with van der Waals surface area (Å²) in [6, 6.07) is 76.2. The van der Waals surface area contributed by atoms with Gasteiger partial charge in [-0.25, -0.2) is 19.9 Å². The van der Waals surface area contributed by atoms with Gasteiger partial charge in [0.15, 0.2) is 11.6 Å². The van der Waals surface area contributed by atoms with E-state index in [2.05, 4.69) is 158 Å². The maximum Gasteiger partial charge on any atom is 0.160 e. The molecule has 0 aliphatic rings. The van der Waals surface area contributed by atoms with Crippen LogP contribution in [0.15, 0.2) is 218 Å². The minimum atomic E-state index is 0.699. The Morgan fingerprint density at radius 3 is 1.26 bits per heavy atom. The lowest BCUT2D eigenvalue weighted by molar-refractivity contribution is 1.18. The molecule has 3 heterocycles. The average Bonchev–Trinajstić information content (AvgIpc) is 3.73. The molecule has 11 rings (SSSR count). The Morgan fingerprint density at radius 2 is 0.705 bits per heavy atom. The van der Waals surface area contributed by atoms with Crippen LogP contribution in [0.25, 0.3) is 110 Å². The topological polar surface area (TPSA) is 51.6 Å². The molecule has 0 unspecified atom stereocenters. The van der Waals surface area contributed by atoms with Gasteiger partial charge in [-0.3, -0.25) is 0 Å². The number of hydrogen-bond donors (Lipinski definition) is 0. The third-order valence-electron chi connectivity index (χ3n) is 11.1. The predicted octanol–water partition coefficient (Wildman–Crippen LogP) is 15.0. The third-order valence-corrected chi connectivity index (χ3v) is 12.3. The monoisotopic (exact) mass is 796 g/mol. The van der Waals surface area contributed by atoms with E-state index in [0.717, 1.165) is 72.8 Å². The van der Waals surface area contributed by atoms with Gasteiger partial charge >= 0.3 is 0 Å². The zero-order valence-electron chi connectivity index (χ0n) is 33.0. The normalized spacial score (nSPS) is 11.3. The molecule has 0 aliphatic carbocycles. The van der Waals surface area contributed by atoms with E-state index in [4.69, 9.17) is 19.9 Å². The summed E-state index contributed by atoms with van der Waals surface area (Å²) in [5, 5.41) is 2.52. The molecule has 0 fully saturated rings. The lowest BCUT2D eigenvalue weighted by Gasteiger charge is -2.15. The summed E-state index contributed by atoms with van der Waals surface area (Å²) in [6.07, 6.45) is 0. The van der Waals surface area contributed by atoms with Crippen LogP contribution >= 0.6 is 11.3 Å². The Bertz CT molecular complexity index is 3210. The van der Waals surface area contributed by atoms with Crippen molar-refractivity contribution in [3.63, 3.8) is 0 Å². The highest BCUT2D eigenvalue weighted by Crippen LogP contribution is 2.46. The van der Waals surface area contributed by atoms with Gasteiger partial charge < -0.3 is 0 Å². The highest BCUT2D eigenvalue weighted by molar-refractivity contribution is 7.26. The Balaban J connectivity index is 1.05. The van der Waals surface area contributed by atoms with Crippen molar-refractivity contribution >= 4 is 31.5 Å². The maximum atomic E-state index is 5.18. The largest absolute Gasteiger partial charge is 0.228 e. The quantitative estimate of drug-likeness (QED) is 0.154. The second-order valence-electron chi connectivity index (χ2n) is 15.0. The van der Waals surface area contributed by atoms with Crippen LogP contribution in [0.4, 0.5) is 0 Å². The second kappa shape index (κ2) is 15.7. The standard InChI is InChI=1S/C56H36N4S/c1-5-16-38(17-6-1)48-35-50(59-55(57-48)41-20-9-3-10-21-41)40-30-28-37(29-31-40)45-32-33-47-46-26-13-14-27-52(46)61-54(47)53(45)44-25-15-24-43(34-44)51-36-49(39-18-7-2-8-19-39)58-56(60-51)42-22-11-4-12-23-42/h1-36H. The summed E-state index contributed by atoms with van der Waals surface area (Å²) < 4.78 is 2.53. The van der Waals surface area contributed by atoms with Crippen molar-refractivity contribution in [2.45, 2.75) is 0 Å². The lowest BCUT2D eigenvalue weighted by atomic mass is 9.91. The third kappa shape index (κ3) is 7.07. The van der Waals surface area contributed by atoms with Crippen LogP contribution in [0.3, 0.4) is 0 Å². The van der Waals surface area contributed by atoms with Crippen LogP contribution in [0.2, 0.25) is 0 Å². The van der Waals surface area contributed by atoms with E-state index in [1.54, 1.807) is 0 Å². The molecule has 11 aromatic rings. The molecule has 0 saturated carbocycles. The first-order valence-corrected chi connectivity index (χ1v) is 21.2. The van der Waals surface area contributed by atoms with Crippen LogP contribution in [-0.2, 0) is 0 Å². The van der Waals surface area contributed by atoms with E-state index in [1.165, 1.54) is 25.7 Å². The Labute approximate surface area is 358 Å². The van der Waals surface area contributed by atoms with Crippen molar-refractivity contribution in [2.75, 3.05) is 0 Å². The van der Waals surface area contributed by atoms with Crippen LogP contribution in [0, 0.1) is 0 Å². The smallest absolute Gasteiger partial charge is 0.160 e. The van der Waals surface area contributed by atoms with Gasteiger partial charge in [-0.05, 0) is 41.0 Å². The summed E-state index contributed by atoms with van der Waals surface area (Å²) in [4.78, 5) is 20.3. The van der Waals surface area contributed by atoms with Crippen LogP contribution < -0.4 is 0 Å². The summed E-state index contributed by atoms with van der Waals surface area (Å²) in [5.41, 5.74) is 14.3. The number of aromatic nitrogens is 4. The molecule has 0 spiro atoms. The van der Waals surface area contributed by atoms with E-state index in [-0.39, 0.29) is 0 Å². The summed E-state index contributed by atoms with van der Waals surface area (Å²) >= 11 is 1.85. The van der Waals surface area contributed by atoms with E-state index < -0.39 is 0 Å². The fourth-order valence-electron chi connectivity index (χ4n) is 8.11. The first-order valence-electron chi connectivity index (χ1n) is 20.4. The van der Waals surface area contributed by atoms with Gasteiger partial charge in [0.2, 0.25) is 0 Å². The summed E-state index contributed by atoms with van der Waals surface area (Å²) in [6.45, 7) is 0. The SMILES string of the molecule is c1ccc(-c2cc(-c3ccc(-c4ccc5c(sc6ccccc65)c4-c4cccc(-c5cc(-c6ccccc6)nc(-c6ccccc6)n5)c4)cc3)nc(-c3ccccc3)n2)cc1. The minimum absolute atomic E-state index is 0.699. The molecule has 0 radical (unpaired) electrons. The maximum absolute atomic E-state index is 5.18. The Morgan fingerprint density at radius 1 is 0.279 bits per heavy atom. The highest BCUT2D eigenvalue weighted by atomic mass is 32.1. The number of benzene rings is 8. The fourth-order valence-corrected chi connectivity index (χ4v) is 9.38. The molecular formula is C56H36N4S. The van der Waals surface area contributed by atoms with Crippen LogP contribution in [-0.4, -0.2) is 19.9 Å². The number of nitrogens with zero attached hydrogens (tertiary/aromatic N) is 4. The van der Waals surface area contributed by atoms with Gasteiger partial charge in [0, 0.05) is 59.1 Å². The van der Waals surface area contributed by atoms with Crippen molar-refractivity contribution in [1.82, 2.24) is 19.9 Å². The van der Waals surface area contributed by atoms with Gasteiger partial charge in [-0.1, -0.05) is 194 Å². The molecule has 0 aliphatic heterocycles. The van der Waals surface area contributed by atoms with Gasteiger partial charge in [0.1, 0.15) is 0 Å². The van der Waals surface area contributed by atoms with Crippen molar-refractivity contribution in [3.05, 3.63) is 218 Å². The molecule has 0 atom stereocenters. The second-order valence-corrected chi connectivity index (χ2v) is 16.1. The van der Waals surface area contributed by atoms with Gasteiger partial charge in [0.05, 0.1) is 22.8 Å². The molecule has 61 heavy (non-hydrogen) atoms. The molecule has 5 heteroatoms. The fraction of sp³-hybridized carbons (Fsp3) is 0. The van der Waals surface area contributed by atoms with Crippen molar-refractivity contribution in [2.24, 2.45) is 0 Å². The molecule has 8 aromatic carbocycles. The van der Waals surface area contributed by atoms with Gasteiger partial charge in [0.25, 0.3) is 0 Å². The molecule has 3 aromatic heterocycles. The molecule has 0 saturated heterocycles. The molecular weight excluding hydrogens is 761 g/mol. The van der Waals surface area contributed by atoms with Crippen molar-refractivity contribution in [3.8, 4) is 90.1 Å². The van der Waals surface area contributed by atoms with E-state index >= 15 is 0 Å². The lowest BCUT2D eigenvalue weighted by Crippen LogP contribution is -1.96. The molecule has 0 amide bonds. The molecule has 0 N–H and O–H groups in total. The van der Waals surface area contributed by atoms with E-state index in [0.29, 0.717) is 11.6 Å². The average molecular weight is 797 g/mol. The van der Waals surface area contributed by atoms with Crippen LogP contribution in [0.5, 0.6) is 0 Å². The Hall–Kier alpha value is -7.86. The first kappa shape index (κ1) is 36.2. The molecule has 4 nitrogen and oxygen atoms in total. The van der Waals surface area contributed by atoms with E-state index in [9.17, 15) is 0 Å². The van der Waals surface area contributed by atoms with Crippen LogP contribution in [0.1, 0.15) is 0 Å². The van der Waals surface area contributed by atoms with Crippen molar-refractivity contribution < 1.29 is 0 Å². The summed E-state index contributed by atoms with van der Waals surface area (Å²) in [7, 11) is 0. The zero-order valence-corrected chi connectivity index (χ0v) is 33.8. The zero-order chi connectivity index (χ0) is 40.5. The summed E-state index contributed by atoms with van der Waals surface area (Å²) in [5.74, 6) is 1.40. The van der Waals surface area contributed by atoms with Gasteiger partial charge in [-0.2, -0.15) is 0 Å².